The predicted octanol–water partition coefficient (Wildman–Crippen LogP) is 4.27. The van der Waals surface area contributed by atoms with Crippen LogP contribution in [0.2, 0.25) is 0 Å². The van der Waals surface area contributed by atoms with Crippen LogP contribution in [0.4, 0.5) is 4.79 Å². The van der Waals surface area contributed by atoms with Crippen molar-refractivity contribution < 1.29 is 23.8 Å². The molecule has 0 N–H and O–H groups in total. The van der Waals surface area contributed by atoms with Crippen LogP contribution in [0.5, 0.6) is 0 Å². The van der Waals surface area contributed by atoms with E-state index in [1.165, 1.54) is 0 Å². The lowest BCUT2D eigenvalue weighted by atomic mass is 10.1. The number of ether oxygens (including phenoxy) is 3. The highest BCUT2D eigenvalue weighted by Crippen LogP contribution is 2.09. The summed E-state index contributed by atoms with van der Waals surface area (Å²) < 4.78 is 15.2. The molecule has 0 saturated carbocycles. The molecular weight excluding hydrogens is 296 g/mol. The first-order chi connectivity index (χ1) is 11.0. The normalized spacial score (nSPS) is 11.6. The third-order valence-corrected chi connectivity index (χ3v) is 3.29. The van der Waals surface area contributed by atoms with E-state index < -0.39 is 6.16 Å². The minimum absolute atomic E-state index is 0.233. The van der Waals surface area contributed by atoms with Gasteiger partial charge in [0.2, 0.25) is 0 Å². The smallest absolute Gasteiger partial charge is 0.459 e. The Morgan fingerprint density at radius 1 is 1.04 bits per heavy atom. The fourth-order valence-corrected chi connectivity index (χ4v) is 1.87. The van der Waals surface area contributed by atoms with E-state index in [2.05, 4.69) is 0 Å². The highest BCUT2D eigenvalue weighted by molar-refractivity contribution is 5.89. The molecule has 1 rings (SSSR count). The van der Waals surface area contributed by atoms with E-state index in [0.29, 0.717) is 25.0 Å². The number of rotatable bonds is 9. The van der Waals surface area contributed by atoms with E-state index in [9.17, 15) is 9.59 Å². The molecule has 1 atom stereocenters. The van der Waals surface area contributed by atoms with Crippen LogP contribution in [-0.2, 0) is 14.2 Å². The predicted molar refractivity (Wildman–Crippen MR) is 87.5 cm³/mol. The first-order valence-electron chi connectivity index (χ1n) is 8.10. The van der Waals surface area contributed by atoms with E-state index in [0.717, 1.165) is 18.4 Å². The average Bonchev–Trinajstić information content (AvgIpc) is 2.52. The van der Waals surface area contributed by atoms with Gasteiger partial charge >= 0.3 is 12.1 Å². The van der Waals surface area contributed by atoms with Crippen LogP contribution in [0.1, 0.15) is 55.5 Å². The molecule has 0 aliphatic rings. The van der Waals surface area contributed by atoms with Gasteiger partial charge in [0, 0.05) is 0 Å². The summed E-state index contributed by atoms with van der Waals surface area (Å²) in [7, 11) is 0. The van der Waals surface area contributed by atoms with Crippen molar-refractivity contribution in [3.05, 3.63) is 35.4 Å². The molecule has 5 nitrogen and oxygen atoms in total. The number of esters is 1. The van der Waals surface area contributed by atoms with Crippen molar-refractivity contribution in [2.24, 2.45) is 0 Å². The number of unbranched alkanes of at least 4 members (excludes halogenated alkanes) is 1. The third-order valence-electron chi connectivity index (χ3n) is 3.29. The van der Waals surface area contributed by atoms with Gasteiger partial charge in [-0.25, -0.2) is 9.59 Å². The molecule has 0 bridgehead atoms. The summed E-state index contributed by atoms with van der Waals surface area (Å²) in [5, 5.41) is 0. The van der Waals surface area contributed by atoms with Crippen molar-refractivity contribution in [3.63, 3.8) is 0 Å². The van der Waals surface area contributed by atoms with E-state index in [1.54, 1.807) is 12.1 Å². The quantitative estimate of drug-likeness (QED) is 0.502. The van der Waals surface area contributed by atoms with Crippen LogP contribution in [0.15, 0.2) is 24.3 Å². The fraction of sp³-hybridized carbons (Fsp3) is 0.556. The van der Waals surface area contributed by atoms with Crippen molar-refractivity contribution in [3.8, 4) is 0 Å². The van der Waals surface area contributed by atoms with Crippen molar-refractivity contribution in [2.45, 2.75) is 52.6 Å². The van der Waals surface area contributed by atoms with Crippen LogP contribution in [0.3, 0.4) is 0 Å². The lowest BCUT2D eigenvalue weighted by molar-refractivity contribution is 0.0270. The molecule has 0 saturated heterocycles. The SMILES string of the molecule is CCCCOC(=O)OCCCC(C)OC(=O)c1ccc(C)cc1. The van der Waals surface area contributed by atoms with Crippen molar-refractivity contribution in [1.29, 1.82) is 0 Å². The van der Waals surface area contributed by atoms with E-state index in [1.807, 2.05) is 32.9 Å². The Kier molecular flexibility index (Phi) is 8.80. The Balaban J connectivity index is 2.16. The van der Waals surface area contributed by atoms with Crippen LogP contribution >= 0.6 is 0 Å². The molecule has 0 spiro atoms. The maximum absolute atomic E-state index is 11.9. The van der Waals surface area contributed by atoms with Gasteiger partial charge in [-0.3, -0.25) is 0 Å². The van der Waals surface area contributed by atoms with Gasteiger partial charge in [0.25, 0.3) is 0 Å². The summed E-state index contributed by atoms with van der Waals surface area (Å²) in [5.74, 6) is -0.336. The van der Waals surface area contributed by atoms with E-state index in [4.69, 9.17) is 14.2 Å². The van der Waals surface area contributed by atoms with E-state index >= 15 is 0 Å². The number of carbonyl (C=O) groups is 2. The van der Waals surface area contributed by atoms with Crippen LogP contribution < -0.4 is 0 Å². The fourth-order valence-electron chi connectivity index (χ4n) is 1.87. The largest absolute Gasteiger partial charge is 0.508 e. The maximum Gasteiger partial charge on any atom is 0.508 e. The minimum Gasteiger partial charge on any atom is -0.459 e. The van der Waals surface area contributed by atoms with Crippen LogP contribution in [0.25, 0.3) is 0 Å². The second-order valence-electron chi connectivity index (χ2n) is 5.52. The Morgan fingerprint density at radius 2 is 1.65 bits per heavy atom. The summed E-state index contributed by atoms with van der Waals surface area (Å²) in [6.07, 6.45) is 2.18. The summed E-state index contributed by atoms with van der Waals surface area (Å²) >= 11 is 0. The average molecular weight is 322 g/mol. The highest BCUT2D eigenvalue weighted by atomic mass is 16.7. The molecule has 1 aromatic rings. The zero-order valence-electron chi connectivity index (χ0n) is 14.2. The van der Waals surface area contributed by atoms with Gasteiger partial charge in [0.15, 0.2) is 0 Å². The summed E-state index contributed by atoms with van der Waals surface area (Å²) in [6.45, 7) is 6.46. The van der Waals surface area contributed by atoms with Crippen molar-refractivity contribution >= 4 is 12.1 Å². The Bertz CT molecular complexity index is 481. The van der Waals surface area contributed by atoms with Gasteiger partial charge in [-0.05, 0) is 45.2 Å². The molecule has 0 aromatic heterocycles. The Morgan fingerprint density at radius 3 is 2.26 bits per heavy atom. The van der Waals surface area contributed by atoms with Gasteiger partial charge in [-0.2, -0.15) is 0 Å². The second-order valence-corrected chi connectivity index (χ2v) is 5.52. The monoisotopic (exact) mass is 322 g/mol. The van der Waals surface area contributed by atoms with Gasteiger partial charge in [0.1, 0.15) is 0 Å². The molecule has 0 amide bonds. The molecule has 5 heteroatoms. The van der Waals surface area contributed by atoms with Crippen molar-refractivity contribution in [1.82, 2.24) is 0 Å². The van der Waals surface area contributed by atoms with Crippen molar-refractivity contribution in [2.75, 3.05) is 13.2 Å². The minimum atomic E-state index is -0.636. The highest BCUT2D eigenvalue weighted by Gasteiger charge is 2.12. The van der Waals surface area contributed by atoms with Crippen LogP contribution in [0, 0.1) is 6.92 Å². The molecule has 0 fully saturated rings. The Hall–Kier alpha value is -2.04. The first kappa shape index (κ1) is 19.0. The second kappa shape index (κ2) is 10.6. The zero-order chi connectivity index (χ0) is 17.1. The molecular formula is C18H26O5. The lowest BCUT2D eigenvalue weighted by Crippen LogP contribution is -2.16. The molecule has 1 unspecified atom stereocenters. The zero-order valence-corrected chi connectivity index (χ0v) is 14.2. The molecule has 0 radical (unpaired) electrons. The number of hydrogen-bond donors (Lipinski definition) is 0. The van der Waals surface area contributed by atoms with Gasteiger partial charge in [-0.1, -0.05) is 31.0 Å². The summed E-state index contributed by atoms with van der Waals surface area (Å²) in [5.41, 5.74) is 1.63. The molecule has 0 heterocycles. The van der Waals surface area contributed by atoms with Crippen LogP contribution in [-0.4, -0.2) is 31.4 Å². The molecule has 128 valence electrons. The topological polar surface area (TPSA) is 61.8 Å². The first-order valence-corrected chi connectivity index (χ1v) is 8.10. The van der Waals surface area contributed by atoms with Gasteiger partial charge in [0.05, 0.1) is 24.9 Å². The molecule has 23 heavy (non-hydrogen) atoms. The standard InChI is InChI=1S/C18H26O5/c1-4-5-12-21-18(20)22-13-6-7-15(3)23-17(19)16-10-8-14(2)9-11-16/h8-11,15H,4-7,12-13H2,1-3H3. The number of benzene rings is 1. The molecule has 1 aromatic carbocycles. The van der Waals surface area contributed by atoms with Gasteiger partial charge < -0.3 is 14.2 Å². The van der Waals surface area contributed by atoms with Gasteiger partial charge in [-0.15, -0.1) is 0 Å². The number of aryl methyl sites for hydroxylation is 1. The number of hydrogen-bond acceptors (Lipinski definition) is 5. The maximum atomic E-state index is 11.9. The lowest BCUT2D eigenvalue weighted by Gasteiger charge is -2.13. The number of carbonyl (C=O) groups excluding carboxylic acids is 2. The molecule has 0 aliphatic carbocycles. The third kappa shape index (κ3) is 8.24. The van der Waals surface area contributed by atoms with E-state index in [-0.39, 0.29) is 18.7 Å². The molecule has 0 aliphatic heterocycles. The summed E-state index contributed by atoms with van der Waals surface area (Å²) in [4.78, 5) is 23.1. The summed E-state index contributed by atoms with van der Waals surface area (Å²) in [6, 6.07) is 7.25. The Labute approximate surface area is 137 Å².